The van der Waals surface area contributed by atoms with E-state index in [9.17, 15) is 0 Å². The van der Waals surface area contributed by atoms with Gasteiger partial charge in [0.2, 0.25) is 0 Å². The van der Waals surface area contributed by atoms with Crippen LogP contribution in [0, 0.1) is 0 Å². The monoisotopic (exact) mass is 855 g/mol. The average Bonchev–Trinajstić information content (AvgIpc) is 4.00. The van der Waals surface area contributed by atoms with Gasteiger partial charge in [-0.25, -0.2) is 0 Å². The fraction of sp³-hybridized carbons (Fsp3) is 0.0909. The van der Waals surface area contributed by atoms with E-state index < -0.39 is 0 Å². The van der Waals surface area contributed by atoms with Crippen LogP contribution >= 0.6 is 0 Å². The fourth-order valence-corrected chi connectivity index (χ4v) is 12.3. The summed E-state index contributed by atoms with van der Waals surface area (Å²) in [7, 11) is 0. The molecule has 0 N–H and O–H groups in total. The molecule has 0 aliphatic heterocycles. The van der Waals surface area contributed by atoms with Gasteiger partial charge in [0.15, 0.2) is 0 Å². The second kappa shape index (κ2) is 15.3. The molecule has 318 valence electrons. The summed E-state index contributed by atoms with van der Waals surface area (Å²) in [6.45, 7) is 4.77. The Kier molecular flexibility index (Phi) is 8.99. The van der Waals surface area contributed by atoms with E-state index in [-0.39, 0.29) is 10.8 Å². The molecule has 0 saturated heterocycles. The van der Waals surface area contributed by atoms with E-state index >= 15 is 0 Å². The SMILES string of the molecule is CC1(C)c2ccccc2-c2cccc(-c3cccc(N(c4ccc(-c5ccccc5-c5ccc(-c6ccccc6)cc5)cc4)c4ccc5c(c4)C4(CCc6ccccc64)c4ccccc4-5)c3)c21. The van der Waals surface area contributed by atoms with E-state index in [1.807, 2.05) is 0 Å². The third kappa shape index (κ3) is 6.08. The Bertz CT molecular complexity index is 3540. The van der Waals surface area contributed by atoms with Gasteiger partial charge in [0.25, 0.3) is 0 Å². The van der Waals surface area contributed by atoms with Crippen LogP contribution in [0.5, 0.6) is 0 Å². The Morgan fingerprint density at radius 1 is 0.313 bits per heavy atom. The van der Waals surface area contributed by atoms with Gasteiger partial charge in [0, 0.05) is 27.9 Å². The predicted octanol–water partition coefficient (Wildman–Crippen LogP) is 17.4. The summed E-state index contributed by atoms with van der Waals surface area (Å²) in [6.07, 6.45) is 2.14. The topological polar surface area (TPSA) is 3.24 Å². The summed E-state index contributed by atoms with van der Waals surface area (Å²) in [5, 5.41) is 0. The Hall–Kier alpha value is -8.00. The lowest BCUT2D eigenvalue weighted by Gasteiger charge is -2.31. The molecule has 10 aromatic carbocycles. The number of benzene rings is 10. The lowest BCUT2D eigenvalue weighted by molar-refractivity contribution is 0.626. The summed E-state index contributed by atoms with van der Waals surface area (Å²) >= 11 is 0. The maximum Gasteiger partial charge on any atom is 0.0470 e. The van der Waals surface area contributed by atoms with Crippen LogP contribution in [0.1, 0.15) is 53.6 Å². The molecule has 10 aromatic rings. The normalized spacial score (nSPS) is 15.7. The van der Waals surface area contributed by atoms with Crippen molar-refractivity contribution < 1.29 is 0 Å². The summed E-state index contributed by atoms with van der Waals surface area (Å²) in [5.74, 6) is 0. The Labute approximate surface area is 394 Å². The fourth-order valence-electron chi connectivity index (χ4n) is 12.3. The highest BCUT2D eigenvalue weighted by Crippen LogP contribution is 2.59. The molecule has 0 heterocycles. The highest BCUT2D eigenvalue weighted by Gasteiger charge is 2.48. The zero-order valence-corrected chi connectivity index (χ0v) is 37.9. The van der Waals surface area contributed by atoms with E-state index in [2.05, 4.69) is 255 Å². The van der Waals surface area contributed by atoms with Crippen LogP contribution in [0.2, 0.25) is 0 Å². The van der Waals surface area contributed by atoms with Crippen molar-refractivity contribution in [2.24, 2.45) is 0 Å². The summed E-state index contributed by atoms with van der Waals surface area (Å²) < 4.78 is 0. The van der Waals surface area contributed by atoms with Crippen molar-refractivity contribution in [2.45, 2.75) is 37.5 Å². The van der Waals surface area contributed by atoms with Crippen LogP contribution in [-0.4, -0.2) is 0 Å². The number of aryl methyl sites for hydroxylation is 1. The third-order valence-corrected chi connectivity index (χ3v) is 15.3. The molecule has 1 atom stereocenters. The highest BCUT2D eigenvalue weighted by molar-refractivity contribution is 5.92. The van der Waals surface area contributed by atoms with Crippen molar-refractivity contribution in [3.05, 3.63) is 270 Å². The second-order valence-corrected chi connectivity index (χ2v) is 19.2. The van der Waals surface area contributed by atoms with Gasteiger partial charge in [-0.05, 0) is 149 Å². The molecule has 0 radical (unpaired) electrons. The van der Waals surface area contributed by atoms with Gasteiger partial charge in [-0.15, -0.1) is 0 Å². The summed E-state index contributed by atoms with van der Waals surface area (Å²) in [5.41, 5.74) is 26.8. The minimum atomic E-state index is -0.190. The third-order valence-electron chi connectivity index (χ3n) is 15.3. The molecule has 0 aromatic heterocycles. The molecule has 67 heavy (non-hydrogen) atoms. The van der Waals surface area contributed by atoms with Gasteiger partial charge >= 0.3 is 0 Å². The first-order chi connectivity index (χ1) is 33.0. The first kappa shape index (κ1) is 39.4. The molecule has 0 saturated carbocycles. The molecule has 3 aliphatic rings. The quantitative estimate of drug-likeness (QED) is 0.154. The van der Waals surface area contributed by atoms with Crippen molar-refractivity contribution in [2.75, 3.05) is 4.90 Å². The Balaban J connectivity index is 0.953. The molecule has 1 nitrogen and oxygen atoms in total. The second-order valence-electron chi connectivity index (χ2n) is 19.2. The minimum absolute atomic E-state index is 0.130. The van der Waals surface area contributed by atoms with Gasteiger partial charge in [-0.3, -0.25) is 0 Å². The van der Waals surface area contributed by atoms with Crippen LogP contribution in [0.4, 0.5) is 17.1 Å². The molecular formula is C66H49N. The first-order valence-electron chi connectivity index (χ1n) is 23.8. The molecule has 0 fully saturated rings. The van der Waals surface area contributed by atoms with Gasteiger partial charge in [0.1, 0.15) is 0 Å². The Morgan fingerprint density at radius 2 is 0.806 bits per heavy atom. The standard InChI is InChI=1S/C66H49N/c1-65(2)61-28-12-9-24-57(61)59-26-15-25-55(64(59)65)49-19-14-20-51(42-49)67(52-38-39-58-56-23-10-13-29-62(56)66(63(58)43-52)41-40-48-18-6-11-27-60(48)66)50-36-34-47(35-37-50)54-22-8-7-21-53(54)46-32-30-45(31-33-46)44-16-4-3-5-17-44/h3-39,42-43H,40-41H2,1-2H3. The van der Waals surface area contributed by atoms with Gasteiger partial charge < -0.3 is 4.90 Å². The molecule has 0 amide bonds. The largest absolute Gasteiger partial charge is 0.310 e. The molecule has 13 rings (SSSR count). The predicted molar refractivity (Wildman–Crippen MR) is 281 cm³/mol. The maximum absolute atomic E-state index is 2.52. The van der Waals surface area contributed by atoms with Crippen molar-refractivity contribution in [1.82, 2.24) is 0 Å². The van der Waals surface area contributed by atoms with E-state index in [0.29, 0.717) is 0 Å². The summed E-state index contributed by atoms with van der Waals surface area (Å²) in [6, 6.07) is 88.3. The van der Waals surface area contributed by atoms with Crippen molar-refractivity contribution in [1.29, 1.82) is 0 Å². The molecular weight excluding hydrogens is 807 g/mol. The smallest absolute Gasteiger partial charge is 0.0470 e. The van der Waals surface area contributed by atoms with E-state index in [4.69, 9.17) is 0 Å². The number of rotatable bonds is 7. The number of hydrogen-bond donors (Lipinski definition) is 0. The van der Waals surface area contributed by atoms with Gasteiger partial charge in [0.05, 0.1) is 0 Å². The van der Waals surface area contributed by atoms with Gasteiger partial charge in [-0.2, -0.15) is 0 Å². The van der Waals surface area contributed by atoms with Crippen LogP contribution in [0.3, 0.4) is 0 Å². The maximum atomic E-state index is 2.52. The zero-order valence-electron chi connectivity index (χ0n) is 37.9. The number of anilines is 3. The zero-order chi connectivity index (χ0) is 44.7. The van der Waals surface area contributed by atoms with E-state index in [1.54, 1.807) is 0 Å². The van der Waals surface area contributed by atoms with Crippen LogP contribution in [-0.2, 0) is 17.3 Å². The number of fused-ring (bicyclic) bond motifs is 10. The minimum Gasteiger partial charge on any atom is -0.310 e. The highest BCUT2D eigenvalue weighted by atomic mass is 15.1. The van der Waals surface area contributed by atoms with Crippen molar-refractivity contribution in [3.63, 3.8) is 0 Å². The average molecular weight is 856 g/mol. The first-order valence-corrected chi connectivity index (χ1v) is 23.8. The van der Waals surface area contributed by atoms with Gasteiger partial charge in [-0.1, -0.05) is 214 Å². The Morgan fingerprint density at radius 3 is 1.55 bits per heavy atom. The van der Waals surface area contributed by atoms with Crippen LogP contribution in [0.25, 0.3) is 66.8 Å². The molecule has 1 heteroatoms. The molecule has 0 bridgehead atoms. The number of nitrogens with zero attached hydrogens (tertiary/aromatic N) is 1. The summed E-state index contributed by atoms with van der Waals surface area (Å²) in [4.78, 5) is 2.49. The molecule has 1 spiro atoms. The number of hydrogen-bond acceptors (Lipinski definition) is 1. The van der Waals surface area contributed by atoms with Crippen molar-refractivity contribution in [3.8, 4) is 66.8 Å². The molecule has 1 unspecified atom stereocenters. The van der Waals surface area contributed by atoms with E-state index in [0.717, 1.165) is 29.9 Å². The van der Waals surface area contributed by atoms with Crippen molar-refractivity contribution >= 4 is 17.1 Å². The van der Waals surface area contributed by atoms with Crippen LogP contribution in [0.15, 0.2) is 237 Å². The molecule has 3 aliphatic carbocycles. The van der Waals surface area contributed by atoms with E-state index in [1.165, 1.54) is 100 Å². The lowest BCUT2D eigenvalue weighted by atomic mass is 9.73. The van der Waals surface area contributed by atoms with Crippen LogP contribution < -0.4 is 4.90 Å². The lowest BCUT2D eigenvalue weighted by Crippen LogP contribution is -2.24.